The largest absolute Gasteiger partial charge is 0.413 e. The van der Waals surface area contributed by atoms with Gasteiger partial charge in [0.15, 0.2) is 15.6 Å². The molecular formula is C33H47N5O7S. The fourth-order valence-corrected chi connectivity index (χ4v) is 8.91. The number of nitrogens with zero attached hydrogens (tertiary/aromatic N) is 4. The van der Waals surface area contributed by atoms with Gasteiger partial charge in [-0.05, 0) is 64.5 Å². The number of piperazine rings is 1. The summed E-state index contributed by atoms with van der Waals surface area (Å²) in [6, 6.07) is 9.37. The van der Waals surface area contributed by atoms with Crippen molar-refractivity contribution in [1.29, 1.82) is 0 Å². The molecule has 1 unspecified atom stereocenters. The third-order valence-electron chi connectivity index (χ3n) is 10.1. The minimum absolute atomic E-state index is 0.00422. The lowest BCUT2D eigenvalue weighted by Crippen LogP contribution is -2.52. The zero-order valence-corrected chi connectivity index (χ0v) is 27.8. The van der Waals surface area contributed by atoms with Crippen LogP contribution in [0.1, 0.15) is 58.4 Å². The van der Waals surface area contributed by atoms with E-state index < -0.39 is 15.9 Å². The fourth-order valence-electron chi connectivity index (χ4n) is 7.68. The molecule has 0 radical (unpaired) electrons. The maximum absolute atomic E-state index is 13.2. The van der Waals surface area contributed by atoms with E-state index in [2.05, 4.69) is 15.1 Å². The fraction of sp³-hybridized carbons (Fsp3) is 0.667. The van der Waals surface area contributed by atoms with Crippen molar-refractivity contribution in [2.24, 2.45) is 0 Å². The number of carbonyl (C=O) groups excluding carboxylic acids is 2. The van der Waals surface area contributed by atoms with Gasteiger partial charge in [0.25, 0.3) is 11.5 Å². The van der Waals surface area contributed by atoms with Crippen molar-refractivity contribution in [3.8, 4) is 5.75 Å². The number of para-hydroxylation sites is 1. The van der Waals surface area contributed by atoms with Crippen LogP contribution < -0.4 is 15.6 Å². The molecule has 5 heterocycles. The molecule has 46 heavy (non-hydrogen) atoms. The van der Waals surface area contributed by atoms with Crippen molar-refractivity contribution < 1.29 is 27.5 Å². The lowest BCUT2D eigenvalue weighted by atomic mass is 9.97. The van der Waals surface area contributed by atoms with Gasteiger partial charge in [0.05, 0.1) is 17.0 Å². The zero-order valence-electron chi connectivity index (χ0n) is 26.9. The molecule has 0 spiro atoms. The van der Waals surface area contributed by atoms with E-state index in [-0.39, 0.29) is 59.0 Å². The highest BCUT2D eigenvalue weighted by atomic mass is 32.2. The van der Waals surface area contributed by atoms with Crippen molar-refractivity contribution >= 4 is 32.7 Å². The van der Waals surface area contributed by atoms with Gasteiger partial charge in [-0.25, -0.2) is 13.2 Å². The lowest BCUT2D eigenvalue weighted by Gasteiger charge is -2.39. The maximum Gasteiger partial charge on any atom is 0.413 e. The van der Waals surface area contributed by atoms with Gasteiger partial charge in [-0.1, -0.05) is 18.2 Å². The van der Waals surface area contributed by atoms with E-state index in [4.69, 9.17) is 9.47 Å². The van der Waals surface area contributed by atoms with E-state index >= 15 is 0 Å². The highest BCUT2D eigenvalue weighted by Gasteiger charge is 2.41. The van der Waals surface area contributed by atoms with Crippen LogP contribution >= 0.6 is 0 Å². The Bertz CT molecular complexity index is 1570. The molecule has 252 valence electrons. The number of fused-ring (bicyclic) bond motifs is 3. The van der Waals surface area contributed by atoms with Crippen molar-refractivity contribution in [1.82, 2.24) is 24.6 Å². The third kappa shape index (κ3) is 7.42. The molecule has 4 saturated heterocycles. The van der Waals surface area contributed by atoms with E-state index in [1.54, 1.807) is 10.6 Å². The van der Waals surface area contributed by atoms with Crippen LogP contribution in [0.4, 0.5) is 4.79 Å². The quantitative estimate of drug-likeness (QED) is 0.410. The molecular weight excluding hydrogens is 610 g/mol. The van der Waals surface area contributed by atoms with Crippen molar-refractivity contribution in [3.63, 3.8) is 0 Å². The average Bonchev–Trinajstić information content (AvgIpc) is 3.65. The minimum atomic E-state index is -3.24. The summed E-state index contributed by atoms with van der Waals surface area (Å²) in [7, 11) is -3.24. The molecule has 13 heteroatoms. The summed E-state index contributed by atoms with van der Waals surface area (Å²) in [5.41, 5.74) is 0.453. The zero-order chi connectivity index (χ0) is 32.4. The van der Waals surface area contributed by atoms with Crippen LogP contribution in [-0.2, 0) is 19.4 Å². The van der Waals surface area contributed by atoms with Crippen molar-refractivity contribution in [2.75, 3.05) is 57.4 Å². The van der Waals surface area contributed by atoms with Gasteiger partial charge >= 0.3 is 6.09 Å². The number of hydrogen-bond donors (Lipinski definition) is 1. The van der Waals surface area contributed by atoms with Crippen LogP contribution in [0, 0.1) is 0 Å². The SMILES string of the molecule is CC(C)n1c(=O)c(OC(=O)N[C@@H]2C[C@H]3CC[C@@H](C2)N3CCS(=O)(=O)CCN2CCN(C(=O)C3CCCO3)CC2)cc2ccccc21. The number of aromatic nitrogens is 1. The number of rotatable bonds is 10. The van der Waals surface area contributed by atoms with Gasteiger partial charge in [-0.3, -0.25) is 19.4 Å². The molecule has 4 atom stereocenters. The Kier molecular flexibility index (Phi) is 10.0. The normalized spacial score (nSPS) is 25.8. The highest BCUT2D eigenvalue weighted by Crippen LogP contribution is 2.35. The summed E-state index contributed by atoms with van der Waals surface area (Å²) >= 11 is 0. The summed E-state index contributed by atoms with van der Waals surface area (Å²) in [4.78, 5) is 45.0. The molecule has 1 aromatic carbocycles. The second-order valence-electron chi connectivity index (χ2n) is 13.5. The monoisotopic (exact) mass is 657 g/mol. The summed E-state index contributed by atoms with van der Waals surface area (Å²) in [5.74, 6) is 0.293. The van der Waals surface area contributed by atoms with Gasteiger partial charge in [-0.15, -0.1) is 0 Å². The topological polar surface area (TPSA) is 130 Å². The van der Waals surface area contributed by atoms with Gasteiger partial charge in [0, 0.05) is 75.4 Å². The maximum atomic E-state index is 13.2. The van der Waals surface area contributed by atoms with Gasteiger partial charge in [-0.2, -0.15) is 0 Å². The average molecular weight is 658 g/mol. The Morgan fingerprint density at radius 2 is 1.70 bits per heavy atom. The Morgan fingerprint density at radius 3 is 2.37 bits per heavy atom. The van der Waals surface area contributed by atoms with E-state index in [1.807, 2.05) is 43.0 Å². The molecule has 2 aromatic rings. The second-order valence-corrected chi connectivity index (χ2v) is 15.8. The first-order chi connectivity index (χ1) is 22.1. The predicted octanol–water partition coefficient (Wildman–Crippen LogP) is 2.40. The van der Waals surface area contributed by atoms with Gasteiger partial charge < -0.3 is 24.3 Å². The summed E-state index contributed by atoms with van der Waals surface area (Å²) < 4.78 is 38.8. The predicted molar refractivity (Wildman–Crippen MR) is 175 cm³/mol. The Morgan fingerprint density at radius 1 is 1.00 bits per heavy atom. The molecule has 2 bridgehead atoms. The molecule has 1 aromatic heterocycles. The second kappa shape index (κ2) is 14.0. The number of benzene rings is 1. The molecule has 1 N–H and O–H groups in total. The number of nitrogens with one attached hydrogen (secondary N) is 1. The molecule has 6 rings (SSSR count). The third-order valence-corrected chi connectivity index (χ3v) is 11.7. The molecule has 12 nitrogen and oxygen atoms in total. The van der Waals surface area contributed by atoms with Crippen LogP contribution in [0.5, 0.6) is 5.75 Å². The molecule has 0 saturated carbocycles. The first-order valence-corrected chi connectivity index (χ1v) is 18.6. The lowest BCUT2D eigenvalue weighted by molar-refractivity contribution is -0.142. The number of pyridine rings is 1. The van der Waals surface area contributed by atoms with Crippen molar-refractivity contribution in [2.45, 2.75) is 82.6 Å². The van der Waals surface area contributed by atoms with Crippen LogP contribution in [0.3, 0.4) is 0 Å². The Balaban J connectivity index is 0.954. The van der Waals surface area contributed by atoms with Crippen molar-refractivity contribution in [3.05, 3.63) is 40.7 Å². The van der Waals surface area contributed by atoms with E-state index in [9.17, 15) is 22.8 Å². The molecule has 4 aliphatic rings. The van der Waals surface area contributed by atoms with Crippen LogP contribution in [-0.4, -0.2) is 121 Å². The number of amides is 2. The first kappa shape index (κ1) is 32.9. The molecule has 2 amide bonds. The first-order valence-electron chi connectivity index (χ1n) is 16.8. The number of carbonyl (C=O) groups is 2. The standard InChI is InChI=1S/C33H47N5O7S/c1-23(2)38-28-7-4-3-6-24(28)20-30(32(38)40)45-33(41)34-25-21-26-9-10-27(22-25)37(26)16-19-46(42,43)18-15-35-11-13-36(14-12-35)31(39)29-8-5-17-44-29/h3-4,6-7,20,23,25-27,29H,5,8-19,21-22H2,1-2H3,(H,34,41)/t25-,26-,27+,29?. The number of piperidine rings is 1. The number of sulfone groups is 1. The van der Waals surface area contributed by atoms with Gasteiger partial charge in [0.2, 0.25) is 0 Å². The molecule has 0 aliphatic carbocycles. The summed E-state index contributed by atoms with van der Waals surface area (Å²) in [6.45, 7) is 8.03. The smallest absolute Gasteiger partial charge is 0.404 e. The number of hydrogen-bond acceptors (Lipinski definition) is 9. The van der Waals surface area contributed by atoms with Crippen LogP contribution in [0.25, 0.3) is 10.9 Å². The van der Waals surface area contributed by atoms with Gasteiger partial charge in [0.1, 0.15) is 6.10 Å². The summed E-state index contributed by atoms with van der Waals surface area (Å²) in [5, 5.41) is 3.80. The minimum Gasteiger partial charge on any atom is -0.404 e. The molecule has 4 aliphatic heterocycles. The highest BCUT2D eigenvalue weighted by molar-refractivity contribution is 7.91. The summed E-state index contributed by atoms with van der Waals surface area (Å²) in [6.07, 6.45) is 4.13. The van der Waals surface area contributed by atoms with Crippen LogP contribution in [0.15, 0.2) is 35.1 Å². The Hall–Kier alpha value is -3.00. The van der Waals surface area contributed by atoms with E-state index in [0.717, 1.165) is 36.6 Å². The van der Waals surface area contributed by atoms with E-state index in [1.165, 1.54) is 0 Å². The Labute approximate surface area is 270 Å². The molecule has 4 fully saturated rings. The van der Waals surface area contributed by atoms with Crippen LogP contribution in [0.2, 0.25) is 0 Å². The van der Waals surface area contributed by atoms with E-state index in [0.29, 0.717) is 58.7 Å². The number of ether oxygens (including phenoxy) is 2.